The molecule has 1 aliphatic carbocycles. The summed E-state index contributed by atoms with van der Waals surface area (Å²) in [5.74, 6) is -0.116. The summed E-state index contributed by atoms with van der Waals surface area (Å²) < 4.78 is 0. The van der Waals surface area contributed by atoms with Crippen LogP contribution < -0.4 is 0 Å². The molecule has 21 heavy (non-hydrogen) atoms. The topological polar surface area (TPSA) is 34.1 Å². The molecular formula is C9H29O2P10-. The Morgan fingerprint density at radius 2 is 1.14 bits per heavy atom. The number of carbonyl (C=O) groups excluding carboxylic acids is 2. The third-order valence-electron chi connectivity index (χ3n) is 1.43. The van der Waals surface area contributed by atoms with Crippen molar-refractivity contribution in [1.82, 2.24) is 0 Å². The molecule has 0 aliphatic heterocycles. The molecule has 8 unspecified atom stereocenters. The van der Waals surface area contributed by atoms with Crippen LogP contribution in [0.4, 0.5) is 0 Å². The van der Waals surface area contributed by atoms with Gasteiger partial charge in [0.2, 0.25) is 0 Å². The van der Waals surface area contributed by atoms with Crippen LogP contribution in [0.5, 0.6) is 0 Å². The molecule has 0 heterocycles. The van der Waals surface area contributed by atoms with Gasteiger partial charge in [0.25, 0.3) is 0 Å². The van der Waals surface area contributed by atoms with Crippen LogP contribution in [-0.2, 0) is 9.59 Å². The first-order valence-corrected chi connectivity index (χ1v) is 18.2. The van der Waals surface area contributed by atoms with Crippen molar-refractivity contribution in [3.05, 3.63) is 30.7 Å². The number of hydrogen-bond donors (Lipinski definition) is 0. The van der Waals surface area contributed by atoms with Gasteiger partial charge in [-0.05, 0) is 33.0 Å². The van der Waals surface area contributed by atoms with Crippen molar-refractivity contribution < 1.29 is 9.59 Å². The minimum atomic E-state index is -0.0883. The van der Waals surface area contributed by atoms with Gasteiger partial charge in [-0.3, -0.25) is 9.59 Å². The number of Topliss-reactive ketones (excluding diaryl/α,β-unsaturated/α-hetero) is 1. The monoisotopic (exact) mass is 479 g/mol. The molecule has 0 saturated carbocycles. The molecule has 0 N–H and O–H groups in total. The summed E-state index contributed by atoms with van der Waals surface area (Å²) in [4.78, 5) is 21.7. The van der Waals surface area contributed by atoms with Crippen molar-refractivity contribution in [2.75, 3.05) is 0 Å². The second-order valence-electron chi connectivity index (χ2n) is 3.00. The Morgan fingerprint density at radius 1 is 0.952 bits per heavy atom. The smallest absolute Gasteiger partial charge is 0.184 e. The Hall–Kier alpha value is 3.12. The van der Waals surface area contributed by atoms with Crippen LogP contribution in [0.25, 0.3) is 0 Å². The van der Waals surface area contributed by atoms with E-state index in [9.17, 15) is 9.59 Å². The van der Waals surface area contributed by atoms with Gasteiger partial charge in [0.15, 0.2) is 11.6 Å². The molecule has 0 radical (unpaired) electrons. The van der Waals surface area contributed by atoms with E-state index in [1.807, 2.05) is 0 Å². The van der Waals surface area contributed by atoms with E-state index in [1.165, 1.54) is 12.2 Å². The zero-order valence-electron chi connectivity index (χ0n) is 12.7. The van der Waals surface area contributed by atoms with Crippen molar-refractivity contribution in [1.29, 1.82) is 0 Å². The lowest BCUT2D eigenvalue weighted by Crippen LogP contribution is -2.09. The largest absolute Gasteiger partial charge is 0.358 e. The first-order valence-electron chi connectivity index (χ1n) is 4.75. The molecule has 0 aromatic heterocycles. The third-order valence-corrected chi connectivity index (χ3v) is 1.43. The van der Waals surface area contributed by atoms with E-state index in [-0.39, 0.29) is 35.9 Å². The third kappa shape index (κ3) is 28.2. The first kappa shape index (κ1) is 35.3. The van der Waals surface area contributed by atoms with Crippen LogP contribution in [0.3, 0.4) is 0 Å². The molecule has 128 valence electrons. The summed E-state index contributed by atoms with van der Waals surface area (Å²) in [5.41, 5.74) is 1.06. The van der Waals surface area contributed by atoms with Crippen molar-refractivity contribution >= 4 is 98.9 Å². The van der Waals surface area contributed by atoms with E-state index in [0.717, 1.165) is 7.96 Å². The first-order chi connectivity index (χ1) is 8.76. The van der Waals surface area contributed by atoms with E-state index < -0.39 is 0 Å². The fourth-order valence-electron chi connectivity index (χ4n) is 0.911. The Morgan fingerprint density at radius 3 is 1.33 bits per heavy atom. The van der Waals surface area contributed by atoms with E-state index in [4.69, 9.17) is 0 Å². The predicted molar refractivity (Wildman–Crippen MR) is 138 cm³/mol. The molecule has 1 rings (SSSR count). The quantitative estimate of drug-likeness (QED) is 0.270. The summed E-state index contributed by atoms with van der Waals surface area (Å²) in [6.45, 7) is 3.43. The van der Waals surface area contributed by atoms with Gasteiger partial charge in [0.05, 0.1) is 0 Å². The summed E-state index contributed by atoms with van der Waals surface area (Å²) in [6.07, 6.45) is 2.71. The molecule has 2 nitrogen and oxygen atoms in total. The Bertz CT molecular complexity index is 300. The number of carbonyl (C=O) groups is 2. The highest BCUT2D eigenvalue weighted by molar-refractivity contribution is 8.65. The Kier molecular flexibility index (Phi) is 42.6. The normalized spacial score (nSPS) is 11.7. The highest BCUT2D eigenvalue weighted by Gasteiger charge is 2.13. The van der Waals surface area contributed by atoms with Gasteiger partial charge in [-0.25, -0.2) is 0 Å². The predicted octanol–water partition coefficient (Wildman–Crippen LogP) is 5.27. The second kappa shape index (κ2) is 25.4. The molecule has 0 spiro atoms. The molecule has 12 heteroatoms. The zero-order chi connectivity index (χ0) is 16.0. The highest BCUT2D eigenvalue weighted by atomic mass is 32.7. The molecule has 0 aromatic carbocycles. The number of rotatable bonds is 0. The van der Waals surface area contributed by atoms with Crippen LogP contribution >= 0.6 is 87.3 Å². The maximum atomic E-state index is 11.0. The second-order valence-corrected chi connectivity index (χ2v) is 19.0. The SMILES string of the molecule is CC1=CC(=O)C=C(C)C1=O.P.PP.PP(P)P.PPP.[CH3-]. The fraction of sp³-hybridized carbons (Fsp3) is 0.222. The van der Waals surface area contributed by atoms with Gasteiger partial charge in [-0.1, -0.05) is 7.96 Å². The Labute approximate surface area is 152 Å². The van der Waals surface area contributed by atoms with Gasteiger partial charge in [-0.2, -0.15) is 9.90 Å². The minimum Gasteiger partial charge on any atom is -0.358 e. The average molecular weight is 479 g/mol. The molecule has 1 aliphatic rings. The van der Waals surface area contributed by atoms with Gasteiger partial charge in [-0.15, -0.1) is 62.5 Å². The van der Waals surface area contributed by atoms with Crippen LogP contribution in [0.2, 0.25) is 0 Å². The van der Waals surface area contributed by atoms with Crippen LogP contribution in [0.1, 0.15) is 13.8 Å². The number of ketones is 2. The van der Waals surface area contributed by atoms with Crippen molar-refractivity contribution in [2.45, 2.75) is 13.8 Å². The highest BCUT2D eigenvalue weighted by Crippen LogP contribution is 2.59. The molecule has 0 amide bonds. The van der Waals surface area contributed by atoms with E-state index in [2.05, 4.69) is 62.5 Å². The van der Waals surface area contributed by atoms with Crippen molar-refractivity contribution in [2.24, 2.45) is 0 Å². The van der Waals surface area contributed by atoms with Gasteiger partial charge >= 0.3 is 0 Å². The van der Waals surface area contributed by atoms with Crippen LogP contribution in [0, 0.1) is 7.43 Å². The molecule has 0 saturated heterocycles. The fourth-order valence-corrected chi connectivity index (χ4v) is 0.911. The maximum Gasteiger partial charge on any atom is 0.184 e. The molecule has 0 bridgehead atoms. The summed E-state index contributed by atoms with van der Waals surface area (Å²) in [5, 5.41) is 0. The van der Waals surface area contributed by atoms with Crippen molar-refractivity contribution in [3.63, 3.8) is 0 Å². The van der Waals surface area contributed by atoms with E-state index in [0.29, 0.717) is 11.1 Å². The van der Waals surface area contributed by atoms with Gasteiger partial charge in [0, 0.05) is 11.1 Å². The van der Waals surface area contributed by atoms with E-state index in [1.54, 1.807) is 13.8 Å². The summed E-state index contributed by atoms with van der Waals surface area (Å²) in [7, 11) is 18.7. The average Bonchev–Trinajstić information content (AvgIpc) is 2.29. The standard InChI is InChI=1S/C8H8O2.CH3.H6P4.H5P3.H4P2.H3P/c1-5-3-7(9)4-6(2)8(5)10;;1-4(2)3;1-3-2;1-2;/h3-4H,1-2H3;1H3;1-3H2;3H,1-2H2;1-2H2;1H3/q;-1;;;;. The minimum absolute atomic E-state index is 0. The summed E-state index contributed by atoms with van der Waals surface area (Å²) >= 11 is 0. The lowest BCUT2D eigenvalue weighted by Gasteiger charge is -2.04. The van der Waals surface area contributed by atoms with Crippen LogP contribution in [-0.4, -0.2) is 11.6 Å². The molecule has 0 fully saturated rings. The van der Waals surface area contributed by atoms with Crippen molar-refractivity contribution in [3.8, 4) is 0 Å². The maximum absolute atomic E-state index is 11.0. The summed E-state index contributed by atoms with van der Waals surface area (Å²) in [6, 6.07) is 0. The number of hydrogen-bond acceptors (Lipinski definition) is 2. The Balaban J connectivity index is -0.0000000666. The van der Waals surface area contributed by atoms with Gasteiger partial charge < -0.3 is 7.43 Å². The number of allylic oxidation sites excluding steroid dienone is 4. The lowest BCUT2D eigenvalue weighted by atomic mass is 9.99. The van der Waals surface area contributed by atoms with E-state index >= 15 is 0 Å². The lowest BCUT2D eigenvalue weighted by molar-refractivity contribution is -0.115. The zero-order valence-corrected chi connectivity index (χ0v) is 24.1. The van der Waals surface area contributed by atoms with Crippen LogP contribution in [0.15, 0.2) is 23.3 Å². The molecule has 0 aromatic rings. The molecule has 8 atom stereocenters. The van der Waals surface area contributed by atoms with Gasteiger partial charge in [0.1, 0.15) is 0 Å². The molecular weight excluding hydrogens is 450 g/mol.